The largest absolute Gasteiger partial charge is 0.999 e. The van der Waals surface area contributed by atoms with Crippen LogP contribution in [0.2, 0.25) is 0 Å². The Hall–Kier alpha value is -1.30. The quantitative estimate of drug-likeness (QED) is 0.410. The van der Waals surface area contributed by atoms with Gasteiger partial charge in [0, 0.05) is 34.1 Å². The average molecular weight is 416 g/mol. The van der Waals surface area contributed by atoms with Gasteiger partial charge in [-0.1, -0.05) is 0 Å². The monoisotopic (exact) mass is 416 g/mol. The van der Waals surface area contributed by atoms with Gasteiger partial charge in [0.2, 0.25) is 0 Å². The Morgan fingerprint density at radius 3 is 0.800 bits per heavy atom. The van der Waals surface area contributed by atoms with Gasteiger partial charge in [-0.05, 0) is 0 Å². The molecule has 25 heavy (non-hydrogen) atoms. The molecule has 140 valence electrons. The molecule has 0 aliphatic carbocycles. The molecule has 0 fully saturated rings. The first-order valence-corrected chi connectivity index (χ1v) is 5.47. The Balaban J connectivity index is -0.0000000315. The van der Waals surface area contributed by atoms with Crippen LogP contribution in [0.3, 0.4) is 0 Å². The summed E-state index contributed by atoms with van der Waals surface area (Å²) in [4.78, 5) is 0. The van der Waals surface area contributed by atoms with Gasteiger partial charge in [0.05, 0.1) is 0 Å². The minimum absolute atomic E-state index is 0. The molecular weight excluding hydrogens is 404 g/mol. The van der Waals surface area contributed by atoms with Crippen LogP contribution in [0, 0.1) is 89.0 Å². The minimum atomic E-state index is 0. The van der Waals surface area contributed by atoms with Crippen LogP contribution in [0.4, 0.5) is 0 Å². The molecule has 0 saturated heterocycles. The van der Waals surface area contributed by atoms with E-state index in [0.717, 1.165) is 12.8 Å². The van der Waals surface area contributed by atoms with E-state index < -0.39 is 0 Å². The van der Waals surface area contributed by atoms with Crippen molar-refractivity contribution in [2.75, 3.05) is 0 Å². The molecule has 0 saturated carbocycles. The Bertz CT molecular complexity index is 315. The summed E-state index contributed by atoms with van der Waals surface area (Å²) in [7, 11) is 0. The Kier molecular flexibility index (Phi) is 137. The van der Waals surface area contributed by atoms with Gasteiger partial charge in [0.25, 0.3) is 0 Å². The number of unbranched alkanes of at least 4 members (excludes halogenated alkanes) is 2. The maximum absolute atomic E-state index is 7.50. The van der Waals surface area contributed by atoms with E-state index >= 15 is 0 Å². The Labute approximate surface area is 173 Å². The van der Waals surface area contributed by atoms with E-state index in [2.05, 4.69) is 89.0 Å². The summed E-state index contributed by atoms with van der Waals surface area (Å²) in [6.45, 7) is 25.3. The zero-order chi connectivity index (χ0) is 19.2. The third kappa shape index (κ3) is 85.0. The smallest absolute Gasteiger partial charge is 0 e. The molecule has 2 aromatic carbocycles. The van der Waals surface area contributed by atoms with Crippen LogP contribution >= 0.6 is 0 Å². The van der Waals surface area contributed by atoms with Crippen LogP contribution in [0.1, 0.15) is 19.3 Å². The van der Waals surface area contributed by atoms with Crippen molar-refractivity contribution in [1.29, 1.82) is 0 Å². The number of rotatable bonds is 2. The van der Waals surface area contributed by atoms with Gasteiger partial charge in [-0.25, -0.2) is 0 Å². The zero-order valence-electron chi connectivity index (χ0n) is 13.0. The van der Waals surface area contributed by atoms with Crippen molar-refractivity contribution in [3.63, 3.8) is 0 Å². The molecule has 0 atom stereocenters. The molecule has 0 aliphatic heterocycles. The second kappa shape index (κ2) is 78.1. The minimum Gasteiger partial charge on any atom is -0.999 e. The molecule has 2 rings (SSSR count). The molecule has 0 spiro atoms. The summed E-state index contributed by atoms with van der Waals surface area (Å²) in [5.74, 6) is 0. The normalized spacial score (nSPS) is 5.20. The third-order valence-corrected chi connectivity index (χ3v) is 1.20. The van der Waals surface area contributed by atoms with E-state index in [9.17, 15) is 0 Å². The van der Waals surface area contributed by atoms with Crippen LogP contribution in [0.25, 0.3) is 0 Å². The van der Waals surface area contributed by atoms with Crippen LogP contribution < -0.4 is 0 Å². The second-order valence-electron chi connectivity index (χ2n) is 2.43. The van der Waals surface area contributed by atoms with Gasteiger partial charge in [-0.3, -0.25) is 0 Å². The summed E-state index contributed by atoms with van der Waals surface area (Å²) in [5.41, 5.74) is 0. The summed E-state index contributed by atoms with van der Waals surface area (Å²) >= 11 is 0. The van der Waals surface area contributed by atoms with Crippen LogP contribution in [0.5, 0.6) is 0 Å². The summed E-state index contributed by atoms with van der Waals surface area (Å²) in [5, 5.41) is 0. The third-order valence-electron chi connectivity index (χ3n) is 1.20. The molecule has 6 heteroatoms. The van der Waals surface area contributed by atoms with Crippen molar-refractivity contribution in [2.45, 2.75) is 19.3 Å². The fourth-order valence-corrected chi connectivity index (χ4v) is 0.538. The van der Waals surface area contributed by atoms with Crippen LogP contribution in [-0.2, 0) is 52.7 Å². The number of hydrogen-bond acceptors (Lipinski definition) is 0. The predicted molar refractivity (Wildman–Crippen MR) is 75.0 cm³/mol. The summed E-state index contributed by atoms with van der Waals surface area (Å²) < 4.78 is 30.0. The number of hydrogen-bond donors (Lipinski definition) is 0. The maximum Gasteiger partial charge on any atom is 0 e. The maximum atomic E-state index is 7.50. The van der Waals surface area contributed by atoms with Gasteiger partial charge in [0.15, 0.2) is 0 Å². The summed E-state index contributed by atoms with van der Waals surface area (Å²) in [6.07, 6.45) is 3.23. The molecule has 4 nitrogen and oxygen atoms in total. The molecule has 0 N–H and O–H groups in total. The van der Waals surface area contributed by atoms with Crippen molar-refractivity contribution >= 4 is 0 Å². The van der Waals surface area contributed by atoms with Crippen molar-refractivity contribution < 1.29 is 52.7 Å². The van der Waals surface area contributed by atoms with Crippen LogP contribution in [-0.4, -0.2) is 0 Å². The van der Waals surface area contributed by atoms with E-state index in [1.165, 1.54) is 6.42 Å². The van der Waals surface area contributed by atoms with Crippen LogP contribution in [0.15, 0.2) is 12.1 Å². The zero-order valence-corrected chi connectivity index (χ0v) is 15.2. The molecule has 2 aromatic rings. The van der Waals surface area contributed by atoms with Crippen molar-refractivity contribution in [3.8, 4) is 0 Å². The molecule has 0 amide bonds. The van der Waals surface area contributed by atoms with Gasteiger partial charge in [-0.15, -0.1) is 6.42 Å². The predicted octanol–water partition coefficient (Wildman–Crippen LogP) is 2.88. The Morgan fingerprint density at radius 1 is 0.560 bits per heavy atom. The van der Waals surface area contributed by atoms with E-state index in [1.54, 1.807) is 12.1 Å². The van der Waals surface area contributed by atoms with Gasteiger partial charge in [0.1, 0.15) is 0 Å². The first-order chi connectivity index (χ1) is 11.4. The first kappa shape index (κ1) is 43.8. The topological polar surface area (TPSA) is 79.6 Å². The molecule has 0 bridgehead atoms. The fourth-order valence-electron chi connectivity index (χ4n) is 0.538. The first-order valence-electron chi connectivity index (χ1n) is 5.47. The van der Waals surface area contributed by atoms with E-state index in [4.69, 9.17) is 18.6 Å². The molecule has 0 radical (unpaired) electrons. The Morgan fingerprint density at radius 2 is 0.760 bits per heavy atom. The van der Waals surface area contributed by atoms with Gasteiger partial charge in [-0.2, -0.15) is 12.8 Å². The second-order valence-corrected chi connectivity index (χ2v) is 2.43. The molecule has 0 unspecified atom stereocenters. The molecule has 0 heterocycles. The average Bonchev–Trinajstić information content (AvgIpc) is 3.41. The van der Waals surface area contributed by atoms with E-state index in [-0.39, 0.29) is 34.1 Å². The standard InChI is InChI=1S/2C5H.C5H10.4CO.2Fe/c2*1-2-4-5-3-1;1-3-5-4-2;4*1-2;;/h2*1H;1-5H2;;;;;;/q2*-5;-2;;;;;;. The SMILES string of the molecule is [C-]#[O+].[C-]#[O+].[C-]#[O+].[C-]#[O+].[CH2-]CCC[CH2-].[Fe].[Fe].[c-]1[c-][c-][cH-][c-]1.[c-]1[c-][c-][cH-][c-]1. The van der Waals surface area contributed by atoms with Crippen molar-refractivity contribution in [3.05, 3.63) is 101 Å². The van der Waals surface area contributed by atoms with E-state index in [0.29, 0.717) is 0 Å². The van der Waals surface area contributed by atoms with Gasteiger partial charge < -0.3 is 74.5 Å². The van der Waals surface area contributed by atoms with E-state index in [1.807, 2.05) is 0 Å². The van der Waals surface area contributed by atoms with Crippen molar-refractivity contribution in [1.82, 2.24) is 0 Å². The van der Waals surface area contributed by atoms with Crippen molar-refractivity contribution in [2.24, 2.45) is 0 Å². The summed E-state index contributed by atoms with van der Waals surface area (Å²) in [6, 6.07) is 24.0. The molecule has 0 aromatic heterocycles. The fraction of sp³-hybridized carbons (Fsp3) is 0.158. The molecular formula is C19H12Fe2O4-12. The van der Waals surface area contributed by atoms with Gasteiger partial charge >= 0.3 is 45.2 Å². The molecule has 0 aliphatic rings.